The Labute approximate surface area is 207 Å². The smallest absolute Gasteiger partial charge is 0.156 e. The van der Waals surface area contributed by atoms with E-state index in [0.29, 0.717) is 6.10 Å². The van der Waals surface area contributed by atoms with Crippen LogP contribution in [0.3, 0.4) is 0 Å². The number of aryl methyl sites for hydroxylation is 4. The van der Waals surface area contributed by atoms with Crippen LogP contribution in [-0.4, -0.2) is 20.2 Å². The second kappa shape index (κ2) is 10.8. The second-order valence-corrected chi connectivity index (χ2v) is 10.7. The van der Waals surface area contributed by atoms with Crippen molar-refractivity contribution in [3.05, 3.63) is 59.2 Å². The van der Waals surface area contributed by atoms with Crippen molar-refractivity contribution >= 4 is 21.6 Å². The molecule has 1 saturated carbocycles. The summed E-state index contributed by atoms with van der Waals surface area (Å²) in [5.74, 6) is 2.13. The molecule has 3 aromatic heterocycles. The number of benzene rings is 1. The third kappa shape index (κ3) is 5.25. The van der Waals surface area contributed by atoms with E-state index in [2.05, 4.69) is 71.1 Å². The van der Waals surface area contributed by atoms with E-state index in [0.717, 1.165) is 43.8 Å². The number of nitrogens with zero attached hydrogens (tertiary/aromatic N) is 3. The highest BCUT2D eigenvalue weighted by molar-refractivity contribution is 7.17. The summed E-state index contributed by atoms with van der Waals surface area (Å²) in [7, 11) is 2.15. The predicted molar refractivity (Wildman–Crippen MR) is 143 cm³/mol. The first-order valence-electron chi connectivity index (χ1n) is 13.1. The van der Waals surface area contributed by atoms with Crippen molar-refractivity contribution in [3.63, 3.8) is 0 Å². The number of rotatable bonds is 9. The summed E-state index contributed by atoms with van der Waals surface area (Å²) < 4.78 is 12.3. The zero-order valence-electron chi connectivity index (χ0n) is 20.6. The van der Waals surface area contributed by atoms with Crippen LogP contribution in [-0.2, 0) is 26.4 Å². The molecule has 34 heavy (non-hydrogen) atoms. The molecule has 0 saturated heterocycles. The zero-order chi connectivity index (χ0) is 23.3. The molecule has 4 nitrogen and oxygen atoms in total. The van der Waals surface area contributed by atoms with E-state index < -0.39 is 0 Å². The highest BCUT2D eigenvalue weighted by atomic mass is 32.1. The molecule has 1 aromatic carbocycles. The summed E-state index contributed by atoms with van der Waals surface area (Å²) in [6.45, 7) is 3.20. The first-order chi connectivity index (χ1) is 16.7. The number of hydrogen-bond acceptors (Lipinski definition) is 3. The van der Waals surface area contributed by atoms with E-state index in [-0.39, 0.29) is 0 Å². The first kappa shape index (κ1) is 23.2. The summed E-state index contributed by atoms with van der Waals surface area (Å²) in [6, 6.07) is 13.3. The summed E-state index contributed by atoms with van der Waals surface area (Å²) in [5, 5.41) is 2.16. The van der Waals surface area contributed by atoms with Crippen molar-refractivity contribution < 1.29 is 4.74 Å². The Balaban J connectivity index is 1.23. The number of hydrogen-bond donors (Lipinski definition) is 0. The molecular weight excluding hydrogens is 438 g/mol. The summed E-state index contributed by atoms with van der Waals surface area (Å²) in [6.07, 6.45) is 14.7. The van der Waals surface area contributed by atoms with Gasteiger partial charge in [0.25, 0.3) is 0 Å². The van der Waals surface area contributed by atoms with Crippen molar-refractivity contribution in [1.82, 2.24) is 14.1 Å². The Kier molecular flexibility index (Phi) is 7.39. The third-order valence-electron chi connectivity index (χ3n) is 7.12. The lowest BCUT2D eigenvalue weighted by atomic mass is 10.1. The first-order valence-corrected chi connectivity index (χ1v) is 13.9. The Hall–Kier alpha value is -2.53. The van der Waals surface area contributed by atoms with Crippen LogP contribution in [0.5, 0.6) is 5.75 Å². The molecule has 0 bridgehead atoms. The quantitative estimate of drug-likeness (QED) is 0.231. The molecular formula is C29H37N3OS. The standard InChI is InChI=1S/C29H37N3OS/c1-3-9-23-21-32(29(30-23)27-20-28-26(31(27)2)17-19-34-28)18-8-10-22-13-15-25(16-14-22)33-24-11-6-4-5-7-12-24/h13-17,19-21,24H,3-12,18H2,1-2H3. The average Bonchev–Trinajstić information content (AvgIpc) is 3.47. The molecule has 180 valence electrons. The Morgan fingerprint density at radius 1 is 1.03 bits per heavy atom. The normalized spacial score (nSPS) is 15.1. The largest absolute Gasteiger partial charge is 0.490 e. The molecule has 0 N–H and O–H groups in total. The average molecular weight is 476 g/mol. The maximum atomic E-state index is 6.27. The molecule has 4 aromatic rings. The minimum atomic E-state index is 0.401. The maximum absolute atomic E-state index is 6.27. The number of aromatic nitrogens is 3. The van der Waals surface area contributed by atoms with Crippen LogP contribution in [0.15, 0.2) is 48.0 Å². The van der Waals surface area contributed by atoms with Gasteiger partial charge >= 0.3 is 0 Å². The summed E-state index contributed by atoms with van der Waals surface area (Å²) >= 11 is 1.80. The maximum Gasteiger partial charge on any atom is 0.156 e. The van der Waals surface area contributed by atoms with Gasteiger partial charge in [-0.2, -0.15) is 0 Å². The monoisotopic (exact) mass is 475 g/mol. The van der Waals surface area contributed by atoms with Gasteiger partial charge in [0.1, 0.15) is 5.75 Å². The molecule has 0 unspecified atom stereocenters. The second-order valence-electron chi connectivity index (χ2n) is 9.74. The van der Waals surface area contributed by atoms with E-state index in [1.54, 1.807) is 11.3 Å². The molecule has 1 aliphatic rings. The molecule has 0 amide bonds. The van der Waals surface area contributed by atoms with Gasteiger partial charge in [-0.1, -0.05) is 38.3 Å². The van der Waals surface area contributed by atoms with Gasteiger partial charge in [0.2, 0.25) is 0 Å². The fraction of sp³-hybridized carbons (Fsp3) is 0.483. The topological polar surface area (TPSA) is 32.0 Å². The fourth-order valence-corrected chi connectivity index (χ4v) is 6.08. The van der Waals surface area contributed by atoms with Gasteiger partial charge in [0.05, 0.1) is 27.7 Å². The van der Waals surface area contributed by atoms with Crippen LogP contribution >= 0.6 is 11.3 Å². The lowest BCUT2D eigenvalue weighted by Crippen LogP contribution is -2.14. The minimum absolute atomic E-state index is 0.401. The van der Waals surface area contributed by atoms with E-state index in [1.165, 1.54) is 65.7 Å². The molecule has 0 aliphatic heterocycles. The van der Waals surface area contributed by atoms with Gasteiger partial charge < -0.3 is 13.9 Å². The van der Waals surface area contributed by atoms with Gasteiger partial charge in [0, 0.05) is 19.8 Å². The van der Waals surface area contributed by atoms with Crippen molar-refractivity contribution in [2.75, 3.05) is 0 Å². The number of thiophene rings is 1. The molecule has 0 atom stereocenters. The van der Waals surface area contributed by atoms with Gasteiger partial charge in [-0.25, -0.2) is 4.98 Å². The summed E-state index contributed by atoms with van der Waals surface area (Å²) in [4.78, 5) is 5.04. The molecule has 0 radical (unpaired) electrons. The van der Waals surface area contributed by atoms with Crippen molar-refractivity contribution in [2.45, 2.75) is 83.8 Å². The van der Waals surface area contributed by atoms with Crippen LogP contribution in [0.25, 0.3) is 21.7 Å². The summed E-state index contributed by atoms with van der Waals surface area (Å²) in [5.41, 5.74) is 5.08. The SMILES string of the molecule is CCCc1cn(CCCc2ccc(OC3CCCCCC3)cc2)c(-c2cc3sccc3n2C)n1. The van der Waals surface area contributed by atoms with Crippen LogP contribution in [0.1, 0.15) is 69.5 Å². The van der Waals surface area contributed by atoms with Crippen molar-refractivity contribution in [3.8, 4) is 17.3 Å². The number of ether oxygens (including phenoxy) is 1. The molecule has 5 heteroatoms. The molecule has 0 spiro atoms. The Bertz CT molecular complexity index is 1190. The highest BCUT2D eigenvalue weighted by Crippen LogP contribution is 2.31. The van der Waals surface area contributed by atoms with Crippen LogP contribution in [0.2, 0.25) is 0 Å². The van der Waals surface area contributed by atoms with Crippen molar-refractivity contribution in [2.24, 2.45) is 7.05 Å². The lowest BCUT2D eigenvalue weighted by Gasteiger charge is -2.17. The van der Waals surface area contributed by atoms with Gasteiger partial charge in [0.15, 0.2) is 5.82 Å². The molecule has 5 rings (SSSR count). The lowest BCUT2D eigenvalue weighted by molar-refractivity contribution is 0.183. The van der Waals surface area contributed by atoms with Crippen LogP contribution < -0.4 is 4.74 Å². The van der Waals surface area contributed by atoms with Crippen LogP contribution in [0, 0.1) is 0 Å². The Morgan fingerprint density at radius 3 is 2.56 bits per heavy atom. The van der Waals surface area contributed by atoms with Crippen LogP contribution in [0.4, 0.5) is 0 Å². The third-order valence-corrected chi connectivity index (χ3v) is 7.97. The van der Waals surface area contributed by atoms with E-state index in [4.69, 9.17) is 9.72 Å². The molecule has 1 aliphatic carbocycles. The van der Waals surface area contributed by atoms with E-state index >= 15 is 0 Å². The minimum Gasteiger partial charge on any atom is -0.490 e. The highest BCUT2D eigenvalue weighted by Gasteiger charge is 2.16. The number of imidazole rings is 1. The Morgan fingerprint density at radius 2 is 1.82 bits per heavy atom. The number of fused-ring (bicyclic) bond motifs is 1. The van der Waals surface area contributed by atoms with E-state index in [9.17, 15) is 0 Å². The molecule has 1 fully saturated rings. The fourth-order valence-electron chi connectivity index (χ4n) is 5.23. The van der Waals surface area contributed by atoms with Gasteiger partial charge in [-0.15, -0.1) is 11.3 Å². The van der Waals surface area contributed by atoms with Crippen molar-refractivity contribution in [1.29, 1.82) is 0 Å². The zero-order valence-corrected chi connectivity index (χ0v) is 21.4. The van der Waals surface area contributed by atoms with Gasteiger partial charge in [-0.05, 0) is 80.2 Å². The molecule has 3 heterocycles. The van der Waals surface area contributed by atoms with Gasteiger partial charge in [-0.3, -0.25) is 0 Å². The van der Waals surface area contributed by atoms with E-state index in [1.807, 2.05) is 0 Å². The predicted octanol–water partition coefficient (Wildman–Crippen LogP) is 7.79.